The number of hydrogen-bond donors (Lipinski definition) is 2. The number of piperidine rings is 1. The first-order chi connectivity index (χ1) is 9.33. The van der Waals surface area contributed by atoms with Crippen LogP contribution in [-0.4, -0.2) is 40.1 Å². The molecular formula is C15H19NO4. The number of aromatic hydroxyl groups is 1. The molecule has 0 radical (unpaired) electrons. The highest BCUT2D eigenvalue weighted by Crippen LogP contribution is 2.30. The van der Waals surface area contributed by atoms with Gasteiger partial charge >= 0.3 is 5.97 Å². The van der Waals surface area contributed by atoms with E-state index in [0.29, 0.717) is 30.5 Å². The van der Waals surface area contributed by atoms with Gasteiger partial charge in [-0.2, -0.15) is 0 Å². The molecule has 1 aliphatic heterocycles. The first-order valence-corrected chi connectivity index (χ1v) is 6.66. The highest BCUT2D eigenvalue weighted by molar-refractivity contribution is 5.95. The Morgan fingerprint density at radius 2 is 2.05 bits per heavy atom. The number of hydrogen-bond acceptors (Lipinski definition) is 3. The highest BCUT2D eigenvalue weighted by atomic mass is 16.4. The van der Waals surface area contributed by atoms with Crippen molar-refractivity contribution in [1.29, 1.82) is 0 Å². The van der Waals surface area contributed by atoms with Crippen LogP contribution in [0.25, 0.3) is 0 Å². The Morgan fingerprint density at radius 3 is 2.65 bits per heavy atom. The van der Waals surface area contributed by atoms with Crippen LogP contribution in [-0.2, 0) is 4.79 Å². The topological polar surface area (TPSA) is 77.8 Å². The molecule has 0 aliphatic carbocycles. The minimum atomic E-state index is -0.875. The van der Waals surface area contributed by atoms with E-state index >= 15 is 0 Å². The number of rotatable bonds is 2. The van der Waals surface area contributed by atoms with Gasteiger partial charge in [0, 0.05) is 18.7 Å². The molecule has 1 heterocycles. The molecule has 5 heteroatoms. The van der Waals surface area contributed by atoms with Crippen LogP contribution in [0, 0.1) is 12.3 Å². The molecule has 1 amide bonds. The molecule has 1 aliphatic rings. The smallest absolute Gasteiger partial charge is 0.311 e. The van der Waals surface area contributed by atoms with Gasteiger partial charge in [0.05, 0.1) is 5.41 Å². The number of phenolic OH excluding ortho intramolecular Hbond substituents is 1. The number of carboxylic acids is 1. The molecule has 0 aromatic heterocycles. The van der Waals surface area contributed by atoms with E-state index in [9.17, 15) is 19.8 Å². The summed E-state index contributed by atoms with van der Waals surface area (Å²) in [6, 6.07) is 4.69. The van der Waals surface area contributed by atoms with Gasteiger partial charge in [0.15, 0.2) is 0 Å². The molecule has 20 heavy (non-hydrogen) atoms. The number of likely N-dealkylation sites (tertiary alicyclic amines) is 1. The number of carboxylic acid groups (broad SMARTS) is 1. The fourth-order valence-electron chi connectivity index (χ4n) is 2.56. The Morgan fingerprint density at radius 1 is 1.35 bits per heavy atom. The Bertz CT molecular complexity index is 555. The third kappa shape index (κ3) is 2.61. The monoisotopic (exact) mass is 277 g/mol. The summed E-state index contributed by atoms with van der Waals surface area (Å²) in [6.45, 7) is 4.20. The fraction of sp³-hybridized carbons (Fsp3) is 0.467. The first kappa shape index (κ1) is 14.4. The number of aliphatic carboxylic acids is 1. The first-order valence-electron chi connectivity index (χ1n) is 6.66. The van der Waals surface area contributed by atoms with Crippen molar-refractivity contribution in [3.05, 3.63) is 29.3 Å². The molecule has 2 N–H and O–H groups in total. The minimum absolute atomic E-state index is 0.149. The van der Waals surface area contributed by atoms with E-state index in [1.165, 1.54) is 6.07 Å². The van der Waals surface area contributed by atoms with Crippen LogP contribution < -0.4 is 0 Å². The zero-order valence-corrected chi connectivity index (χ0v) is 11.7. The lowest BCUT2D eigenvalue weighted by molar-refractivity contribution is -0.150. The average Bonchev–Trinajstić information content (AvgIpc) is 2.41. The molecule has 5 nitrogen and oxygen atoms in total. The van der Waals surface area contributed by atoms with E-state index in [-0.39, 0.29) is 18.2 Å². The van der Waals surface area contributed by atoms with Crippen LogP contribution in [0.3, 0.4) is 0 Å². The normalized spacial score (nSPS) is 22.6. The van der Waals surface area contributed by atoms with Crippen molar-refractivity contribution in [2.24, 2.45) is 5.41 Å². The summed E-state index contributed by atoms with van der Waals surface area (Å²) in [5.41, 5.74) is 0.239. The number of carbonyl (C=O) groups excluding carboxylic acids is 1. The van der Waals surface area contributed by atoms with Crippen LogP contribution in [0.2, 0.25) is 0 Å². The quantitative estimate of drug-likeness (QED) is 0.867. The minimum Gasteiger partial charge on any atom is -0.508 e. The number of amides is 1. The van der Waals surface area contributed by atoms with Crippen LogP contribution in [0.4, 0.5) is 0 Å². The maximum Gasteiger partial charge on any atom is 0.311 e. The Labute approximate surface area is 117 Å². The molecule has 1 aromatic rings. The summed E-state index contributed by atoms with van der Waals surface area (Å²) in [5.74, 6) is -0.896. The van der Waals surface area contributed by atoms with Crippen molar-refractivity contribution in [1.82, 2.24) is 4.90 Å². The molecule has 108 valence electrons. The van der Waals surface area contributed by atoms with Gasteiger partial charge in [-0.15, -0.1) is 0 Å². The molecule has 1 atom stereocenters. The van der Waals surface area contributed by atoms with E-state index in [1.54, 1.807) is 30.9 Å². The van der Waals surface area contributed by atoms with Crippen LogP contribution in [0.1, 0.15) is 35.7 Å². The van der Waals surface area contributed by atoms with E-state index < -0.39 is 11.4 Å². The van der Waals surface area contributed by atoms with Crippen molar-refractivity contribution in [3.8, 4) is 5.75 Å². The standard InChI is InChI=1S/C15H19NO4/c1-10-8-11(4-5-12(10)17)13(18)16-7-3-6-15(2,9-16)14(19)20/h4-5,8,17H,3,6-7,9H2,1-2H3,(H,19,20). The van der Waals surface area contributed by atoms with E-state index in [1.807, 2.05) is 0 Å². The lowest BCUT2D eigenvalue weighted by Crippen LogP contribution is -2.48. The molecule has 2 rings (SSSR count). The maximum atomic E-state index is 12.4. The van der Waals surface area contributed by atoms with Crippen LogP contribution in [0.5, 0.6) is 5.75 Å². The van der Waals surface area contributed by atoms with Gasteiger partial charge in [-0.25, -0.2) is 0 Å². The Hall–Kier alpha value is -2.04. The second kappa shape index (κ2) is 5.15. The molecule has 0 bridgehead atoms. The highest BCUT2D eigenvalue weighted by Gasteiger charge is 2.39. The second-order valence-electron chi connectivity index (χ2n) is 5.70. The van der Waals surface area contributed by atoms with Crippen LogP contribution in [0.15, 0.2) is 18.2 Å². The lowest BCUT2D eigenvalue weighted by atomic mass is 9.82. The van der Waals surface area contributed by atoms with Crippen molar-refractivity contribution in [3.63, 3.8) is 0 Å². The SMILES string of the molecule is Cc1cc(C(=O)N2CCCC(C)(C(=O)O)C2)ccc1O. The Kier molecular flexibility index (Phi) is 3.70. The van der Waals surface area contributed by atoms with Gasteiger partial charge in [0.25, 0.3) is 5.91 Å². The number of carbonyl (C=O) groups is 2. The van der Waals surface area contributed by atoms with Gasteiger partial charge < -0.3 is 15.1 Å². The molecule has 1 unspecified atom stereocenters. The fourth-order valence-corrected chi connectivity index (χ4v) is 2.56. The summed E-state index contributed by atoms with van der Waals surface area (Å²) >= 11 is 0. The number of phenols is 1. The molecule has 1 aromatic carbocycles. The molecule has 1 saturated heterocycles. The molecular weight excluding hydrogens is 258 g/mol. The third-order valence-corrected chi connectivity index (χ3v) is 3.94. The zero-order chi connectivity index (χ0) is 14.9. The summed E-state index contributed by atoms with van der Waals surface area (Å²) in [6.07, 6.45) is 1.27. The zero-order valence-electron chi connectivity index (χ0n) is 11.7. The van der Waals surface area contributed by atoms with Gasteiger partial charge in [0.2, 0.25) is 0 Å². The predicted octanol–water partition coefficient (Wildman–Crippen LogP) is 2.03. The van der Waals surface area contributed by atoms with Crippen LogP contribution >= 0.6 is 0 Å². The second-order valence-corrected chi connectivity index (χ2v) is 5.70. The summed E-state index contributed by atoms with van der Waals surface area (Å²) < 4.78 is 0. The molecule has 0 spiro atoms. The van der Waals surface area contributed by atoms with E-state index in [4.69, 9.17) is 0 Å². The summed E-state index contributed by atoms with van der Waals surface area (Å²) in [5, 5.41) is 18.8. The van der Waals surface area contributed by atoms with Gasteiger partial charge in [-0.05, 0) is 50.5 Å². The van der Waals surface area contributed by atoms with Gasteiger partial charge in [-0.1, -0.05) is 0 Å². The summed E-state index contributed by atoms with van der Waals surface area (Å²) in [4.78, 5) is 25.3. The average molecular weight is 277 g/mol. The predicted molar refractivity (Wildman–Crippen MR) is 73.7 cm³/mol. The van der Waals surface area contributed by atoms with Crippen molar-refractivity contribution in [2.75, 3.05) is 13.1 Å². The van der Waals surface area contributed by atoms with E-state index in [2.05, 4.69) is 0 Å². The van der Waals surface area contributed by atoms with Gasteiger partial charge in [-0.3, -0.25) is 9.59 Å². The largest absolute Gasteiger partial charge is 0.508 e. The van der Waals surface area contributed by atoms with Gasteiger partial charge in [0.1, 0.15) is 5.75 Å². The number of nitrogens with zero attached hydrogens (tertiary/aromatic N) is 1. The summed E-state index contributed by atoms with van der Waals surface area (Å²) in [7, 11) is 0. The van der Waals surface area contributed by atoms with Crippen molar-refractivity contribution >= 4 is 11.9 Å². The Balaban J connectivity index is 2.20. The van der Waals surface area contributed by atoms with Crippen molar-refractivity contribution in [2.45, 2.75) is 26.7 Å². The van der Waals surface area contributed by atoms with Crippen molar-refractivity contribution < 1.29 is 19.8 Å². The van der Waals surface area contributed by atoms with E-state index in [0.717, 1.165) is 0 Å². The number of aryl methyl sites for hydroxylation is 1. The lowest BCUT2D eigenvalue weighted by Gasteiger charge is -2.37. The molecule has 0 saturated carbocycles. The number of benzene rings is 1. The third-order valence-electron chi connectivity index (χ3n) is 3.94. The maximum absolute atomic E-state index is 12.4. The molecule has 1 fully saturated rings.